The van der Waals surface area contributed by atoms with Crippen LogP contribution in [0.5, 0.6) is 5.75 Å². The van der Waals surface area contributed by atoms with Crippen LogP contribution in [-0.4, -0.2) is 12.9 Å². The Labute approximate surface area is 118 Å². The van der Waals surface area contributed by atoms with Crippen molar-refractivity contribution in [2.24, 2.45) is 0 Å². The molecular formula is C16H18O2S. The summed E-state index contributed by atoms with van der Waals surface area (Å²) >= 11 is 1.74. The number of rotatable bonds is 6. The first-order valence-electron chi connectivity index (χ1n) is 6.41. The van der Waals surface area contributed by atoms with E-state index in [1.807, 2.05) is 31.2 Å². The summed E-state index contributed by atoms with van der Waals surface area (Å²) in [6, 6.07) is 9.89. The second-order valence-corrected chi connectivity index (χ2v) is 5.59. The van der Waals surface area contributed by atoms with Crippen molar-refractivity contribution in [2.75, 3.05) is 7.11 Å². The molecule has 1 heterocycles. The number of hydrogen-bond donors (Lipinski definition) is 0. The Morgan fingerprint density at radius 1 is 1.32 bits per heavy atom. The molecule has 0 aliphatic heterocycles. The molecule has 0 saturated heterocycles. The van der Waals surface area contributed by atoms with Crippen molar-refractivity contribution in [2.45, 2.75) is 26.2 Å². The fourth-order valence-corrected chi connectivity index (χ4v) is 2.80. The zero-order valence-electron chi connectivity index (χ0n) is 11.3. The fourth-order valence-electron chi connectivity index (χ4n) is 2.05. The van der Waals surface area contributed by atoms with E-state index in [-0.39, 0.29) is 5.78 Å². The molecule has 0 radical (unpaired) electrons. The monoisotopic (exact) mass is 274 g/mol. The molecule has 1 aromatic carbocycles. The minimum absolute atomic E-state index is 0.164. The SMILES string of the molecule is COc1ccc(C)cc1C(=O)CCCc1cccs1. The number of methoxy groups -OCH3 is 1. The highest BCUT2D eigenvalue weighted by Gasteiger charge is 2.12. The van der Waals surface area contributed by atoms with Gasteiger partial charge in [0.05, 0.1) is 12.7 Å². The van der Waals surface area contributed by atoms with Crippen LogP contribution < -0.4 is 4.74 Å². The van der Waals surface area contributed by atoms with E-state index in [4.69, 9.17) is 4.74 Å². The quantitative estimate of drug-likeness (QED) is 0.735. The molecule has 0 fully saturated rings. The summed E-state index contributed by atoms with van der Waals surface area (Å²) in [5.74, 6) is 0.837. The van der Waals surface area contributed by atoms with Crippen molar-refractivity contribution < 1.29 is 9.53 Å². The van der Waals surface area contributed by atoms with E-state index < -0.39 is 0 Å². The number of carbonyl (C=O) groups excluding carboxylic acids is 1. The van der Waals surface area contributed by atoms with Crippen LogP contribution in [-0.2, 0) is 6.42 Å². The van der Waals surface area contributed by atoms with Gasteiger partial charge in [0.25, 0.3) is 0 Å². The van der Waals surface area contributed by atoms with Gasteiger partial charge in [-0.05, 0) is 43.3 Å². The van der Waals surface area contributed by atoms with Gasteiger partial charge < -0.3 is 4.74 Å². The summed E-state index contributed by atoms with van der Waals surface area (Å²) in [5, 5.41) is 2.07. The highest BCUT2D eigenvalue weighted by Crippen LogP contribution is 2.22. The molecule has 0 amide bonds. The Kier molecular flexibility index (Phi) is 4.74. The minimum atomic E-state index is 0.164. The van der Waals surface area contributed by atoms with E-state index in [0.29, 0.717) is 17.7 Å². The van der Waals surface area contributed by atoms with Crippen LogP contribution in [0.15, 0.2) is 35.7 Å². The van der Waals surface area contributed by atoms with Gasteiger partial charge in [-0.25, -0.2) is 0 Å². The first kappa shape index (κ1) is 13.8. The lowest BCUT2D eigenvalue weighted by Crippen LogP contribution is -2.03. The van der Waals surface area contributed by atoms with Gasteiger partial charge in [0, 0.05) is 11.3 Å². The predicted molar refractivity (Wildman–Crippen MR) is 79.3 cm³/mol. The molecule has 0 spiro atoms. The maximum absolute atomic E-state index is 12.2. The fraction of sp³-hybridized carbons (Fsp3) is 0.312. The molecule has 0 aliphatic rings. The molecule has 0 N–H and O–H groups in total. The van der Waals surface area contributed by atoms with E-state index in [9.17, 15) is 4.79 Å². The zero-order chi connectivity index (χ0) is 13.7. The number of Topliss-reactive ketones (excluding diaryl/α,β-unsaturated/α-hetero) is 1. The third kappa shape index (κ3) is 3.67. The van der Waals surface area contributed by atoms with Crippen molar-refractivity contribution in [1.29, 1.82) is 0 Å². The molecule has 2 aromatic rings. The molecule has 0 unspecified atom stereocenters. The molecule has 19 heavy (non-hydrogen) atoms. The molecule has 0 bridgehead atoms. The smallest absolute Gasteiger partial charge is 0.166 e. The van der Waals surface area contributed by atoms with Gasteiger partial charge in [0.1, 0.15) is 5.75 Å². The van der Waals surface area contributed by atoms with Crippen molar-refractivity contribution in [3.8, 4) is 5.75 Å². The third-order valence-corrected chi connectivity index (χ3v) is 4.00. The summed E-state index contributed by atoms with van der Waals surface area (Å²) < 4.78 is 5.25. The highest BCUT2D eigenvalue weighted by molar-refractivity contribution is 7.09. The summed E-state index contributed by atoms with van der Waals surface area (Å²) in [5.41, 5.74) is 1.79. The van der Waals surface area contributed by atoms with Crippen LogP contribution in [0, 0.1) is 6.92 Å². The number of thiophene rings is 1. The topological polar surface area (TPSA) is 26.3 Å². The van der Waals surface area contributed by atoms with Crippen LogP contribution >= 0.6 is 11.3 Å². The molecule has 1 aromatic heterocycles. The lowest BCUT2D eigenvalue weighted by Gasteiger charge is -2.08. The van der Waals surface area contributed by atoms with E-state index in [1.54, 1.807) is 18.4 Å². The average molecular weight is 274 g/mol. The molecule has 0 atom stereocenters. The first-order valence-corrected chi connectivity index (χ1v) is 7.29. The number of hydrogen-bond acceptors (Lipinski definition) is 3. The number of aryl methyl sites for hydroxylation is 2. The van der Waals surface area contributed by atoms with E-state index in [0.717, 1.165) is 18.4 Å². The lowest BCUT2D eigenvalue weighted by atomic mass is 10.0. The van der Waals surface area contributed by atoms with Gasteiger partial charge >= 0.3 is 0 Å². The molecule has 100 valence electrons. The van der Waals surface area contributed by atoms with Gasteiger partial charge in [-0.2, -0.15) is 0 Å². The third-order valence-electron chi connectivity index (χ3n) is 3.06. The molecule has 2 nitrogen and oxygen atoms in total. The van der Waals surface area contributed by atoms with Crippen molar-refractivity contribution in [3.63, 3.8) is 0 Å². The summed E-state index contributed by atoms with van der Waals surface area (Å²) in [6.45, 7) is 1.99. The van der Waals surface area contributed by atoms with Crippen LogP contribution in [0.3, 0.4) is 0 Å². The molecule has 2 rings (SSSR count). The maximum Gasteiger partial charge on any atom is 0.166 e. The van der Waals surface area contributed by atoms with Gasteiger partial charge in [0.15, 0.2) is 5.78 Å². The van der Waals surface area contributed by atoms with Crippen LogP contribution in [0.1, 0.15) is 33.6 Å². The molecule has 3 heteroatoms. The van der Waals surface area contributed by atoms with Crippen molar-refractivity contribution >= 4 is 17.1 Å². The van der Waals surface area contributed by atoms with E-state index >= 15 is 0 Å². The van der Waals surface area contributed by atoms with E-state index in [1.165, 1.54) is 4.88 Å². The standard InChI is InChI=1S/C16H18O2S/c1-12-8-9-16(18-2)14(11-12)15(17)7-3-5-13-6-4-10-19-13/h4,6,8-11H,3,5,7H2,1-2H3. The van der Waals surface area contributed by atoms with Crippen LogP contribution in [0.25, 0.3) is 0 Å². The summed E-state index contributed by atoms with van der Waals surface area (Å²) in [4.78, 5) is 13.6. The second kappa shape index (κ2) is 6.53. The summed E-state index contributed by atoms with van der Waals surface area (Å²) in [6.07, 6.45) is 2.42. The Morgan fingerprint density at radius 3 is 2.84 bits per heavy atom. The maximum atomic E-state index is 12.2. The van der Waals surface area contributed by atoms with Gasteiger partial charge in [-0.1, -0.05) is 17.7 Å². The predicted octanol–water partition coefficient (Wildman–Crippen LogP) is 4.27. The Balaban J connectivity index is 1.97. The van der Waals surface area contributed by atoms with Crippen LogP contribution in [0.4, 0.5) is 0 Å². The molecule has 0 aliphatic carbocycles. The second-order valence-electron chi connectivity index (χ2n) is 4.56. The largest absolute Gasteiger partial charge is 0.496 e. The van der Waals surface area contributed by atoms with Gasteiger partial charge in [0.2, 0.25) is 0 Å². The number of ketones is 1. The zero-order valence-corrected chi connectivity index (χ0v) is 12.1. The number of ether oxygens (including phenoxy) is 1. The van der Waals surface area contributed by atoms with Gasteiger partial charge in [-0.3, -0.25) is 4.79 Å². The Bertz CT molecular complexity index is 544. The Morgan fingerprint density at radius 2 is 2.16 bits per heavy atom. The number of benzene rings is 1. The van der Waals surface area contributed by atoms with E-state index in [2.05, 4.69) is 11.4 Å². The molecular weight excluding hydrogens is 256 g/mol. The normalized spacial score (nSPS) is 10.4. The van der Waals surface area contributed by atoms with Crippen molar-refractivity contribution in [1.82, 2.24) is 0 Å². The lowest BCUT2D eigenvalue weighted by molar-refractivity contribution is 0.0977. The Hall–Kier alpha value is -1.61. The first-order chi connectivity index (χ1) is 9.20. The van der Waals surface area contributed by atoms with Crippen molar-refractivity contribution in [3.05, 3.63) is 51.7 Å². The molecule has 0 saturated carbocycles. The number of carbonyl (C=O) groups is 1. The average Bonchev–Trinajstić information content (AvgIpc) is 2.91. The van der Waals surface area contributed by atoms with Crippen LogP contribution in [0.2, 0.25) is 0 Å². The summed E-state index contributed by atoms with van der Waals surface area (Å²) in [7, 11) is 1.60. The minimum Gasteiger partial charge on any atom is -0.496 e. The highest BCUT2D eigenvalue weighted by atomic mass is 32.1. The van der Waals surface area contributed by atoms with Gasteiger partial charge in [-0.15, -0.1) is 11.3 Å².